The maximum absolute atomic E-state index is 12.0. The Morgan fingerprint density at radius 2 is 2.11 bits per heavy atom. The van der Waals surface area contributed by atoms with Gasteiger partial charge in [-0.1, -0.05) is 0 Å². The van der Waals surface area contributed by atoms with Crippen molar-refractivity contribution in [2.75, 3.05) is 5.32 Å². The first-order valence-corrected chi connectivity index (χ1v) is 6.21. The normalized spacial score (nSPS) is 10.4. The van der Waals surface area contributed by atoms with Crippen LogP contribution in [0.1, 0.15) is 21.7 Å². The first-order chi connectivity index (χ1) is 8.47. The standard InChI is InChI=1S/C12H13BrN4O/c1-7-4-9(6-14-11(7)13)15-12(18)10-5-8(2)16-17(10)3/h4-6H,1-3H3,(H,15,18). The molecule has 0 aliphatic carbocycles. The highest BCUT2D eigenvalue weighted by Gasteiger charge is 2.12. The van der Waals surface area contributed by atoms with Gasteiger partial charge in [0.25, 0.3) is 5.91 Å². The van der Waals surface area contributed by atoms with Crippen LogP contribution in [0.3, 0.4) is 0 Å². The van der Waals surface area contributed by atoms with Gasteiger partial charge in [0.2, 0.25) is 0 Å². The number of amides is 1. The van der Waals surface area contributed by atoms with Crippen LogP contribution in [-0.4, -0.2) is 20.7 Å². The number of halogens is 1. The number of nitrogens with zero attached hydrogens (tertiary/aromatic N) is 3. The first-order valence-electron chi connectivity index (χ1n) is 5.41. The molecule has 0 aliphatic heterocycles. The Hall–Kier alpha value is -1.69. The average Bonchev–Trinajstić information content (AvgIpc) is 2.63. The number of hydrogen-bond acceptors (Lipinski definition) is 3. The van der Waals surface area contributed by atoms with Gasteiger partial charge in [0.05, 0.1) is 17.6 Å². The molecule has 2 rings (SSSR count). The SMILES string of the molecule is Cc1cc(C(=O)Nc2cnc(Br)c(C)c2)n(C)n1. The van der Waals surface area contributed by atoms with Gasteiger partial charge in [0, 0.05) is 7.05 Å². The topological polar surface area (TPSA) is 59.8 Å². The van der Waals surface area contributed by atoms with E-state index in [1.54, 1.807) is 24.0 Å². The summed E-state index contributed by atoms with van der Waals surface area (Å²) in [6.45, 7) is 3.77. The molecular formula is C12H13BrN4O. The second-order valence-electron chi connectivity index (χ2n) is 4.08. The summed E-state index contributed by atoms with van der Waals surface area (Å²) in [7, 11) is 1.74. The van der Waals surface area contributed by atoms with E-state index in [1.165, 1.54) is 0 Å². The fourth-order valence-electron chi connectivity index (χ4n) is 1.64. The van der Waals surface area contributed by atoms with Crippen molar-refractivity contribution >= 4 is 27.5 Å². The Balaban J connectivity index is 2.21. The highest BCUT2D eigenvalue weighted by Crippen LogP contribution is 2.17. The van der Waals surface area contributed by atoms with Crippen molar-refractivity contribution in [3.8, 4) is 0 Å². The van der Waals surface area contributed by atoms with Crippen molar-refractivity contribution in [1.29, 1.82) is 0 Å². The quantitative estimate of drug-likeness (QED) is 0.867. The third-order valence-corrected chi connectivity index (χ3v) is 3.34. The van der Waals surface area contributed by atoms with Crippen LogP contribution < -0.4 is 5.32 Å². The molecule has 0 atom stereocenters. The van der Waals surface area contributed by atoms with E-state index in [1.807, 2.05) is 19.9 Å². The molecule has 0 aromatic carbocycles. The van der Waals surface area contributed by atoms with Crippen LogP contribution >= 0.6 is 15.9 Å². The van der Waals surface area contributed by atoms with E-state index in [0.717, 1.165) is 15.9 Å². The molecule has 5 nitrogen and oxygen atoms in total. The molecule has 6 heteroatoms. The van der Waals surface area contributed by atoms with Crippen LogP contribution in [0.2, 0.25) is 0 Å². The van der Waals surface area contributed by atoms with Crippen molar-refractivity contribution in [2.45, 2.75) is 13.8 Å². The Morgan fingerprint density at radius 1 is 1.39 bits per heavy atom. The van der Waals surface area contributed by atoms with Crippen LogP contribution in [0.15, 0.2) is 22.9 Å². The maximum atomic E-state index is 12.0. The van der Waals surface area contributed by atoms with Gasteiger partial charge in [-0.05, 0) is 47.5 Å². The molecule has 0 saturated carbocycles. The number of aryl methyl sites for hydroxylation is 3. The number of aromatic nitrogens is 3. The van der Waals surface area contributed by atoms with Crippen LogP contribution in [0.25, 0.3) is 0 Å². The van der Waals surface area contributed by atoms with E-state index >= 15 is 0 Å². The van der Waals surface area contributed by atoms with Gasteiger partial charge in [-0.3, -0.25) is 9.48 Å². The van der Waals surface area contributed by atoms with Crippen LogP contribution in [0.5, 0.6) is 0 Å². The summed E-state index contributed by atoms with van der Waals surface area (Å²) in [6.07, 6.45) is 1.61. The second kappa shape index (κ2) is 4.89. The van der Waals surface area contributed by atoms with Crippen molar-refractivity contribution in [3.05, 3.63) is 39.9 Å². The maximum Gasteiger partial charge on any atom is 0.273 e. The summed E-state index contributed by atoms with van der Waals surface area (Å²) in [5.41, 5.74) is 2.97. The predicted octanol–water partition coefficient (Wildman–Crippen LogP) is 2.45. The Morgan fingerprint density at radius 3 is 2.67 bits per heavy atom. The lowest BCUT2D eigenvalue weighted by Gasteiger charge is -2.06. The molecule has 0 fully saturated rings. The largest absolute Gasteiger partial charge is 0.319 e. The lowest BCUT2D eigenvalue weighted by atomic mass is 10.3. The lowest BCUT2D eigenvalue weighted by Crippen LogP contribution is -2.16. The van der Waals surface area contributed by atoms with Gasteiger partial charge >= 0.3 is 0 Å². The van der Waals surface area contributed by atoms with Crippen molar-refractivity contribution in [2.24, 2.45) is 7.05 Å². The molecule has 2 heterocycles. The average molecular weight is 309 g/mol. The number of pyridine rings is 1. The minimum Gasteiger partial charge on any atom is -0.319 e. The molecule has 0 saturated heterocycles. The first kappa shape index (κ1) is 12.8. The lowest BCUT2D eigenvalue weighted by molar-refractivity contribution is 0.101. The summed E-state index contributed by atoms with van der Waals surface area (Å²) in [4.78, 5) is 16.2. The van der Waals surface area contributed by atoms with E-state index in [0.29, 0.717) is 11.4 Å². The van der Waals surface area contributed by atoms with Gasteiger partial charge in [0.1, 0.15) is 10.3 Å². The van der Waals surface area contributed by atoms with E-state index in [4.69, 9.17) is 0 Å². The Labute approximate surface area is 113 Å². The third-order valence-electron chi connectivity index (χ3n) is 2.51. The van der Waals surface area contributed by atoms with Crippen LogP contribution in [0.4, 0.5) is 5.69 Å². The number of nitrogens with one attached hydrogen (secondary N) is 1. The summed E-state index contributed by atoms with van der Waals surface area (Å²) in [6, 6.07) is 3.60. The molecule has 0 radical (unpaired) electrons. The third kappa shape index (κ3) is 2.59. The molecule has 1 amide bonds. The number of carbonyl (C=O) groups is 1. The van der Waals surface area contributed by atoms with Gasteiger partial charge in [-0.25, -0.2) is 4.98 Å². The minimum absolute atomic E-state index is 0.193. The predicted molar refractivity (Wildman–Crippen MR) is 72.6 cm³/mol. The summed E-state index contributed by atoms with van der Waals surface area (Å²) < 4.78 is 2.33. The zero-order valence-electron chi connectivity index (χ0n) is 10.4. The number of rotatable bonds is 2. The van der Waals surface area contributed by atoms with Gasteiger partial charge in [-0.15, -0.1) is 0 Å². The molecule has 18 heavy (non-hydrogen) atoms. The van der Waals surface area contributed by atoms with Gasteiger partial charge < -0.3 is 5.32 Å². The molecule has 0 unspecified atom stereocenters. The molecule has 94 valence electrons. The van der Waals surface area contributed by atoms with E-state index in [2.05, 4.69) is 31.3 Å². The smallest absolute Gasteiger partial charge is 0.273 e. The molecule has 0 spiro atoms. The molecule has 2 aromatic heterocycles. The molecule has 2 aromatic rings. The van der Waals surface area contributed by atoms with E-state index in [9.17, 15) is 4.79 Å². The molecular weight excluding hydrogens is 296 g/mol. The summed E-state index contributed by atoms with van der Waals surface area (Å²) in [5.74, 6) is -0.193. The zero-order chi connectivity index (χ0) is 13.3. The highest BCUT2D eigenvalue weighted by atomic mass is 79.9. The Bertz CT molecular complexity index is 606. The fraction of sp³-hybridized carbons (Fsp3) is 0.250. The van der Waals surface area contributed by atoms with Crippen molar-refractivity contribution in [1.82, 2.24) is 14.8 Å². The van der Waals surface area contributed by atoms with Gasteiger partial charge in [0.15, 0.2) is 0 Å². The molecule has 0 bridgehead atoms. The van der Waals surface area contributed by atoms with Crippen molar-refractivity contribution < 1.29 is 4.79 Å². The zero-order valence-corrected chi connectivity index (χ0v) is 11.9. The van der Waals surface area contributed by atoms with Crippen LogP contribution in [0, 0.1) is 13.8 Å². The molecule has 1 N–H and O–H groups in total. The monoisotopic (exact) mass is 308 g/mol. The number of anilines is 1. The molecule has 0 aliphatic rings. The highest BCUT2D eigenvalue weighted by molar-refractivity contribution is 9.10. The number of carbonyl (C=O) groups excluding carboxylic acids is 1. The Kier molecular flexibility index (Phi) is 3.47. The van der Waals surface area contributed by atoms with Gasteiger partial charge in [-0.2, -0.15) is 5.10 Å². The van der Waals surface area contributed by atoms with Crippen LogP contribution in [-0.2, 0) is 7.05 Å². The summed E-state index contributed by atoms with van der Waals surface area (Å²) in [5, 5.41) is 6.94. The van der Waals surface area contributed by atoms with Crippen molar-refractivity contribution in [3.63, 3.8) is 0 Å². The van der Waals surface area contributed by atoms with E-state index < -0.39 is 0 Å². The summed E-state index contributed by atoms with van der Waals surface area (Å²) >= 11 is 3.32. The number of hydrogen-bond donors (Lipinski definition) is 1. The van der Waals surface area contributed by atoms with E-state index in [-0.39, 0.29) is 5.91 Å². The fourth-order valence-corrected chi connectivity index (χ4v) is 1.86. The minimum atomic E-state index is -0.193. The second-order valence-corrected chi connectivity index (χ2v) is 4.83.